The minimum Gasteiger partial charge on any atom is -0.365 e. The third kappa shape index (κ3) is 3.79. The van der Waals surface area contributed by atoms with Gasteiger partial charge in [0.2, 0.25) is 5.91 Å². The Morgan fingerprint density at radius 2 is 2.16 bits per heavy atom. The molecule has 0 saturated carbocycles. The van der Waals surface area contributed by atoms with Crippen molar-refractivity contribution < 1.29 is 13.7 Å². The van der Waals surface area contributed by atoms with Gasteiger partial charge in [0, 0.05) is 29.5 Å². The summed E-state index contributed by atoms with van der Waals surface area (Å²) in [6.07, 6.45) is 1.04. The van der Waals surface area contributed by atoms with Gasteiger partial charge in [-0.2, -0.15) is 0 Å². The average molecular weight is 366 g/mol. The molecule has 0 spiro atoms. The molecule has 3 rings (SSSR count). The Kier molecular flexibility index (Phi) is 4.73. The normalized spacial score (nSPS) is 18.0. The molecule has 1 unspecified atom stereocenters. The lowest BCUT2D eigenvalue weighted by atomic mass is 9.93. The van der Waals surface area contributed by atoms with E-state index < -0.39 is 5.82 Å². The van der Waals surface area contributed by atoms with E-state index in [0.29, 0.717) is 30.2 Å². The number of carbonyl (C=O) groups is 1. The van der Waals surface area contributed by atoms with Crippen LogP contribution in [0.5, 0.6) is 0 Å². The van der Waals surface area contributed by atoms with Crippen molar-refractivity contribution in [2.45, 2.75) is 45.1 Å². The van der Waals surface area contributed by atoms with Gasteiger partial charge in [0.25, 0.3) is 0 Å². The molecule has 1 saturated heterocycles. The van der Waals surface area contributed by atoms with E-state index in [1.54, 1.807) is 12.1 Å². The van der Waals surface area contributed by atoms with Gasteiger partial charge >= 0.3 is 0 Å². The smallest absolute Gasteiger partial charge is 0.227 e. The summed E-state index contributed by atoms with van der Waals surface area (Å²) in [7, 11) is 0. The topological polar surface area (TPSA) is 58.4 Å². The molecule has 0 bridgehead atoms. The van der Waals surface area contributed by atoms with Crippen LogP contribution in [0, 0.1) is 5.82 Å². The number of nitrogens with one attached hydrogen (secondary N) is 1. The lowest BCUT2D eigenvalue weighted by molar-refractivity contribution is -0.117. The highest BCUT2D eigenvalue weighted by Crippen LogP contribution is 2.31. The molecule has 2 aromatic rings. The van der Waals surface area contributed by atoms with E-state index in [0.717, 1.165) is 5.76 Å². The van der Waals surface area contributed by atoms with Crippen LogP contribution in [0.2, 0.25) is 5.02 Å². The highest BCUT2D eigenvalue weighted by atomic mass is 35.5. The Labute approximate surface area is 151 Å². The largest absolute Gasteiger partial charge is 0.365 e. The maximum atomic E-state index is 14.2. The van der Waals surface area contributed by atoms with Crippen LogP contribution < -0.4 is 10.2 Å². The minimum atomic E-state index is -0.496. The van der Waals surface area contributed by atoms with Crippen molar-refractivity contribution in [3.63, 3.8) is 0 Å². The molecular formula is C18H21ClFN3O2. The van der Waals surface area contributed by atoms with Crippen molar-refractivity contribution >= 4 is 29.0 Å². The molecule has 0 aliphatic carbocycles. The molecule has 1 fully saturated rings. The molecule has 1 aromatic heterocycles. The maximum absolute atomic E-state index is 14.2. The van der Waals surface area contributed by atoms with E-state index in [9.17, 15) is 9.18 Å². The number of hydrogen-bond acceptors (Lipinski definition) is 4. The third-order valence-corrected chi connectivity index (χ3v) is 4.50. The van der Waals surface area contributed by atoms with Crippen LogP contribution in [0.4, 0.5) is 15.9 Å². The summed E-state index contributed by atoms with van der Waals surface area (Å²) in [6, 6.07) is 6.05. The van der Waals surface area contributed by atoms with Crippen molar-refractivity contribution in [2.24, 2.45) is 0 Å². The molecule has 5 nitrogen and oxygen atoms in total. The summed E-state index contributed by atoms with van der Waals surface area (Å²) in [6.45, 7) is 6.58. The summed E-state index contributed by atoms with van der Waals surface area (Å²) < 4.78 is 19.6. The Bertz CT molecular complexity index is 785. The highest BCUT2D eigenvalue weighted by molar-refractivity contribution is 6.30. The predicted molar refractivity (Wildman–Crippen MR) is 95.6 cm³/mol. The summed E-state index contributed by atoms with van der Waals surface area (Å²) in [5.74, 6) is 0.798. The molecule has 1 aromatic carbocycles. The van der Waals surface area contributed by atoms with E-state index in [1.165, 1.54) is 11.0 Å². The number of nitrogens with zero attached hydrogens (tertiary/aromatic N) is 2. The Morgan fingerprint density at radius 3 is 2.80 bits per heavy atom. The van der Waals surface area contributed by atoms with Gasteiger partial charge in [0.15, 0.2) is 5.82 Å². The zero-order valence-corrected chi connectivity index (χ0v) is 15.2. The molecule has 1 aliphatic rings. The fourth-order valence-corrected chi connectivity index (χ4v) is 3.04. The molecule has 1 aliphatic heterocycles. The summed E-state index contributed by atoms with van der Waals surface area (Å²) in [5, 5.41) is 7.50. The molecule has 1 N–H and O–H groups in total. The number of halogens is 2. The summed E-state index contributed by atoms with van der Waals surface area (Å²) >= 11 is 5.80. The van der Waals surface area contributed by atoms with Crippen LogP contribution in [0.1, 0.15) is 39.4 Å². The lowest BCUT2D eigenvalue weighted by Gasteiger charge is -2.25. The molecule has 1 atom stereocenters. The van der Waals surface area contributed by atoms with Crippen LogP contribution in [-0.4, -0.2) is 23.7 Å². The van der Waals surface area contributed by atoms with Crippen molar-refractivity contribution in [1.82, 2.24) is 5.16 Å². The van der Waals surface area contributed by atoms with Gasteiger partial charge in [-0.15, -0.1) is 0 Å². The summed E-state index contributed by atoms with van der Waals surface area (Å²) in [4.78, 5) is 13.7. The van der Waals surface area contributed by atoms with Crippen LogP contribution >= 0.6 is 11.6 Å². The van der Waals surface area contributed by atoms with Gasteiger partial charge in [-0.05, 0) is 24.6 Å². The van der Waals surface area contributed by atoms with Gasteiger partial charge in [-0.1, -0.05) is 37.5 Å². The zero-order chi connectivity index (χ0) is 18.2. The van der Waals surface area contributed by atoms with Crippen molar-refractivity contribution in [3.8, 4) is 0 Å². The second kappa shape index (κ2) is 6.67. The van der Waals surface area contributed by atoms with Crippen LogP contribution in [0.3, 0.4) is 0 Å². The average Bonchev–Trinajstić information content (AvgIpc) is 3.12. The Hall–Kier alpha value is -2.08. The standard InChI is InChI=1S/C18H21ClFN3O2/c1-18(2,3)15-9-16(22-25-15)21-10-12-5-7-17(24)23(12)14-6-4-11(19)8-13(14)20/h4,6,8-9,12H,5,7,10H2,1-3H3,(H,21,22). The van der Waals surface area contributed by atoms with E-state index in [-0.39, 0.29) is 23.1 Å². The van der Waals surface area contributed by atoms with Crippen molar-refractivity contribution in [1.29, 1.82) is 0 Å². The predicted octanol–water partition coefficient (Wildman–Crippen LogP) is 4.37. The van der Waals surface area contributed by atoms with Crippen molar-refractivity contribution in [2.75, 3.05) is 16.8 Å². The van der Waals surface area contributed by atoms with Gasteiger partial charge in [0.05, 0.1) is 11.7 Å². The Morgan fingerprint density at radius 1 is 1.40 bits per heavy atom. The summed E-state index contributed by atoms with van der Waals surface area (Å²) in [5.41, 5.74) is 0.128. The fraction of sp³-hybridized carbons (Fsp3) is 0.444. The first kappa shape index (κ1) is 17.7. The quantitative estimate of drug-likeness (QED) is 0.873. The minimum absolute atomic E-state index is 0.0939. The number of anilines is 2. The zero-order valence-electron chi connectivity index (χ0n) is 14.5. The molecule has 25 heavy (non-hydrogen) atoms. The molecule has 134 valence electrons. The number of carbonyl (C=O) groups excluding carboxylic acids is 1. The molecular weight excluding hydrogens is 345 g/mol. The monoisotopic (exact) mass is 365 g/mol. The lowest BCUT2D eigenvalue weighted by Crippen LogP contribution is -2.38. The fourth-order valence-electron chi connectivity index (χ4n) is 2.88. The second-order valence-corrected chi connectivity index (χ2v) is 7.70. The van der Waals surface area contributed by atoms with Gasteiger partial charge < -0.3 is 14.7 Å². The third-order valence-electron chi connectivity index (χ3n) is 4.26. The number of aromatic nitrogens is 1. The molecule has 1 amide bonds. The van der Waals surface area contributed by atoms with Gasteiger partial charge in [-0.3, -0.25) is 4.79 Å². The number of benzene rings is 1. The number of amides is 1. The first-order chi connectivity index (χ1) is 11.8. The van der Waals surface area contributed by atoms with Gasteiger partial charge in [0.1, 0.15) is 11.6 Å². The highest BCUT2D eigenvalue weighted by Gasteiger charge is 2.33. The molecule has 7 heteroatoms. The van der Waals surface area contributed by atoms with Crippen LogP contribution in [0.15, 0.2) is 28.8 Å². The number of hydrogen-bond donors (Lipinski definition) is 1. The SMILES string of the molecule is CC(C)(C)c1cc(NCC2CCC(=O)N2c2ccc(Cl)cc2F)no1. The van der Waals surface area contributed by atoms with E-state index in [4.69, 9.17) is 16.1 Å². The first-order valence-electron chi connectivity index (χ1n) is 8.24. The van der Waals surface area contributed by atoms with E-state index in [1.807, 2.05) is 26.8 Å². The van der Waals surface area contributed by atoms with Crippen LogP contribution in [-0.2, 0) is 10.2 Å². The van der Waals surface area contributed by atoms with Crippen molar-refractivity contribution in [3.05, 3.63) is 40.9 Å². The van der Waals surface area contributed by atoms with Gasteiger partial charge in [-0.25, -0.2) is 4.39 Å². The molecule has 2 heterocycles. The first-order valence-corrected chi connectivity index (χ1v) is 8.61. The second-order valence-electron chi connectivity index (χ2n) is 7.26. The maximum Gasteiger partial charge on any atom is 0.227 e. The van der Waals surface area contributed by atoms with E-state index in [2.05, 4.69) is 10.5 Å². The Balaban J connectivity index is 1.73. The molecule has 0 radical (unpaired) electrons. The van der Waals surface area contributed by atoms with E-state index >= 15 is 0 Å². The number of rotatable bonds is 4. The van der Waals surface area contributed by atoms with Crippen LogP contribution in [0.25, 0.3) is 0 Å².